The van der Waals surface area contributed by atoms with Crippen LogP contribution in [-0.4, -0.2) is 84.2 Å². The normalized spacial score (nSPS) is 16.2. The number of amides is 5. The Kier molecular flexibility index (Phi) is 12.2. The first-order chi connectivity index (χ1) is 20.9. The summed E-state index contributed by atoms with van der Waals surface area (Å²) in [4.78, 5) is 67.6. The molecule has 44 heavy (non-hydrogen) atoms. The van der Waals surface area contributed by atoms with E-state index in [0.717, 1.165) is 5.56 Å². The minimum Gasteiger partial charge on any atom is -0.374 e. The van der Waals surface area contributed by atoms with Crippen LogP contribution in [0.25, 0.3) is 0 Å². The molecule has 0 unspecified atom stereocenters. The fourth-order valence-corrected chi connectivity index (χ4v) is 4.35. The average Bonchev–Trinajstić information content (AvgIpc) is 3.00. The summed E-state index contributed by atoms with van der Waals surface area (Å²) in [5, 5.41) is 10.9. The maximum absolute atomic E-state index is 13.5. The first kappa shape index (κ1) is 33.9. The maximum atomic E-state index is 13.5. The van der Waals surface area contributed by atoms with Gasteiger partial charge in [-0.1, -0.05) is 69.3 Å². The predicted octanol–water partition coefficient (Wildman–Crippen LogP) is 1.61. The number of nitrogens with zero attached hydrogens (tertiary/aromatic N) is 2. The van der Waals surface area contributed by atoms with Gasteiger partial charge in [0.1, 0.15) is 18.6 Å². The molecule has 2 aromatic carbocycles. The van der Waals surface area contributed by atoms with Gasteiger partial charge in [0.25, 0.3) is 5.91 Å². The van der Waals surface area contributed by atoms with E-state index in [2.05, 4.69) is 21.3 Å². The lowest BCUT2D eigenvalue weighted by Crippen LogP contribution is -2.59. The minimum absolute atomic E-state index is 0.142. The monoisotopic (exact) mass is 606 g/mol. The molecule has 0 aliphatic carbocycles. The zero-order valence-electron chi connectivity index (χ0n) is 25.8. The molecule has 0 aromatic heterocycles. The van der Waals surface area contributed by atoms with Gasteiger partial charge in [0.05, 0.1) is 25.8 Å². The van der Waals surface area contributed by atoms with Gasteiger partial charge < -0.3 is 35.8 Å². The van der Waals surface area contributed by atoms with Crippen molar-refractivity contribution in [3.05, 3.63) is 78.6 Å². The van der Waals surface area contributed by atoms with Crippen LogP contribution in [0, 0.1) is 5.41 Å². The van der Waals surface area contributed by atoms with E-state index >= 15 is 0 Å². The molecule has 3 rings (SSSR count). The molecular weight excluding hydrogens is 564 g/mol. The highest BCUT2D eigenvalue weighted by Gasteiger charge is 2.37. The molecule has 12 nitrogen and oxygen atoms in total. The van der Waals surface area contributed by atoms with E-state index in [9.17, 15) is 24.0 Å². The second-order valence-corrected chi connectivity index (χ2v) is 11.5. The Hall–Kier alpha value is -4.55. The van der Waals surface area contributed by atoms with Crippen LogP contribution in [0.5, 0.6) is 0 Å². The zero-order valence-corrected chi connectivity index (χ0v) is 25.8. The van der Waals surface area contributed by atoms with Crippen LogP contribution in [0.4, 0.5) is 5.69 Å². The Morgan fingerprint density at radius 1 is 0.932 bits per heavy atom. The van der Waals surface area contributed by atoms with Crippen LogP contribution >= 0.6 is 0 Å². The van der Waals surface area contributed by atoms with E-state index in [0.29, 0.717) is 5.69 Å². The summed E-state index contributed by atoms with van der Waals surface area (Å²) in [5.41, 5.74) is 0.830. The van der Waals surface area contributed by atoms with Gasteiger partial charge in [-0.25, -0.2) is 0 Å². The molecule has 2 aromatic rings. The Bertz CT molecular complexity index is 1330. The number of nitrogens with one attached hydrogen (secondary N) is 4. The Morgan fingerprint density at radius 3 is 2.18 bits per heavy atom. The number of carbonyl (C=O) groups is 5. The largest absolute Gasteiger partial charge is 0.374 e. The Morgan fingerprint density at radius 2 is 1.57 bits per heavy atom. The Balaban J connectivity index is 1.71. The summed E-state index contributed by atoms with van der Waals surface area (Å²) in [7, 11) is 1.64. The lowest BCUT2D eigenvalue weighted by atomic mass is 9.86. The van der Waals surface area contributed by atoms with Crippen molar-refractivity contribution in [3.8, 4) is 0 Å². The van der Waals surface area contributed by atoms with Gasteiger partial charge in [0.2, 0.25) is 23.6 Å². The molecule has 1 aliphatic rings. The van der Waals surface area contributed by atoms with Gasteiger partial charge in [0.15, 0.2) is 0 Å². The summed E-state index contributed by atoms with van der Waals surface area (Å²) in [6.07, 6.45) is 2.76. The SMILES string of the molecule is CN[C@@H](C)C(=O)N[C@H](C(=O)NCC(=O)N1C=CN(CC(=O)Nc2ccccc2)C(=O)[C@@H]1COCc1ccccc1)C(C)(C)C. The lowest BCUT2D eigenvalue weighted by molar-refractivity contribution is -0.147. The number of para-hydroxylation sites is 1. The zero-order chi connectivity index (χ0) is 32.3. The molecule has 5 amide bonds. The van der Waals surface area contributed by atoms with E-state index < -0.39 is 53.7 Å². The number of ether oxygens (including phenoxy) is 1. The van der Waals surface area contributed by atoms with Crippen molar-refractivity contribution in [2.75, 3.05) is 32.1 Å². The summed E-state index contributed by atoms with van der Waals surface area (Å²) in [6.45, 7) is 6.45. The first-order valence-corrected chi connectivity index (χ1v) is 14.4. The molecular formula is C32H42N6O6. The number of hydrogen-bond donors (Lipinski definition) is 4. The first-order valence-electron chi connectivity index (χ1n) is 14.4. The number of carbonyl (C=O) groups excluding carboxylic acids is 5. The average molecular weight is 607 g/mol. The third kappa shape index (κ3) is 9.75. The van der Waals surface area contributed by atoms with E-state index in [-0.39, 0.29) is 25.7 Å². The number of likely N-dealkylation sites (N-methyl/N-ethyl adjacent to an activating group) is 1. The van der Waals surface area contributed by atoms with Crippen molar-refractivity contribution in [2.45, 2.75) is 52.4 Å². The second kappa shape index (κ2) is 15.8. The number of anilines is 1. The van der Waals surface area contributed by atoms with Crippen molar-refractivity contribution in [3.63, 3.8) is 0 Å². The van der Waals surface area contributed by atoms with Crippen molar-refractivity contribution in [1.29, 1.82) is 0 Å². The van der Waals surface area contributed by atoms with E-state index in [4.69, 9.17) is 4.74 Å². The number of benzene rings is 2. The summed E-state index contributed by atoms with van der Waals surface area (Å²) < 4.78 is 5.83. The van der Waals surface area contributed by atoms with Gasteiger partial charge in [-0.05, 0) is 37.1 Å². The fourth-order valence-electron chi connectivity index (χ4n) is 4.35. The highest BCUT2D eigenvalue weighted by molar-refractivity contribution is 5.98. The molecule has 4 N–H and O–H groups in total. The van der Waals surface area contributed by atoms with Crippen LogP contribution < -0.4 is 21.3 Å². The second-order valence-electron chi connectivity index (χ2n) is 11.5. The summed E-state index contributed by atoms with van der Waals surface area (Å²) in [5.74, 6) is -2.37. The van der Waals surface area contributed by atoms with Crippen LogP contribution in [-0.2, 0) is 35.3 Å². The Labute approximate surface area is 258 Å². The molecule has 12 heteroatoms. The number of hydrogen-bond acceptors (Lipinski definition) is 7. The maximum Gasteiger partial charge on any atom is 0.252 e. The van der Waals surface area contributed by atoms with E-state index in [1.807, 2.05) is 36.4 Å². The smallest absolute Gasteiger partial charge is 0.252 e. The summed E-state index contributed by atoms with van der Waals surface area (Å²) in [6, 6.07) is 15.7. The molecule has 3 atom stereocenters. The molecule has 0 radical (unpaired) electrons. The molecule has 0 fully saturated rings. The van der Waals surface area contributed by atoms with E-state index in [1.54, 1.807) is 59.0 Å². The molecule has 1 heterocycles. The number of rotatable bonds is 13. The van der Waals surface area contributed by atoms with Crippen molar-refractivity contribution >= 4 is 35.2 Å². The molecule has 0 spiro atoms. The topological polar surface area (TPSA) is 149 Å². The molecule has 0 bridgehead atoms. The predicted molar refractivity (Wildman–Crippen MR) is 166 cm³/mol. The quantitative estimate of drug-likeness (QED) is 0.271. The van der Waals surface area contributed by atoms with Crippen molar-refractivity contribution in [1.82, 2.24) is 25.8 Å². The standard InChI is InChI=1S/C32H42N6O6/c1-22(33-5)29(41)36-28(32(2,3)4)30(42)34-18-27(40)38-17-16-37(19-26(39)35-24-14-10-7-11-15-24)31(43)25(38)21-44-20-23-12-8-6-9-13-23/h6-17,22,25,28,33H,18-21H2,1-5H3,(H,34,42)(H,35,39)(H,36,41)/t22-,25-,28+/m0/s1. The molecule has 0 saturated heterocycles. The van der Waals surface area contributed by atoms with E-state index in [1.165, 1.54) is 22.2 Å². The van der Waals surface area contributed by atoms with Gasteiger partial charge >= 0.3 is 0 Å². The van der Waals surface area contributed by atoms with Crippen LogP contribution in [0.2, 0.25) is 0 Å². The third-order valence-electron chi connectivity index (χ3n) is 7.01. The molecule has 236 valence electrons. The highest BCUT2D eigenvalue weighted by Crippen LogP contribution is 2.20. The van der Waals surface area contributed by atoms with Crippen LogP contribution in [0.3, 0.4) is 0 Å². The molecule has 1 aliphatic heterocycles. The van der Waals surface area contributed by atoms with Gasteiger partial charge in [-0.2, -0.15) is 0 Å². The van der Waals surface area contributed by atoms with Crippen molar-refractivity contribution < 1.29 is 28.7 Å². The van der Waals surface area contributed by atoms with Crippen LogP contribution in [0.15, 0.2) is 73.1 Å². The third-order valence-corrected chi connectivity index (χ3v) is 7.01. The van der Waals surface area contributed by atoms with Crippen LogP contribution in [0.1, 0.15) is 33.3 Å². The minimum atomic E-state index is -1.08. The molecule has 0 saturated carbocycles. The van der Waals surface area contributed by atoms with Gasteiger partial charge in [-0.15, -0.1) is 0 Å². The van der Waals surface area contributed by atoms with Gasteiger partial charge in [0, 0.05) is 18.1 Å². The fraction of sp³-hybridized carbons (Fsp3) is 0.406. The lowest BCUT2D eigenvalue weighted by Gasteiger charge is -2.35. The van der Waals surface area contributed by atoms with Crippen molar-refractivity contribution in [2.24, 2.45) is 5.41 Å². The van der Waals surface area contributed by atoms with Gasteiger partial charge in [-0.3, -0.25) is 24.0 Å². The summed E-state index contributed by atoms with van der Waals surface area (Å²) >= 11 is 0. The highest BCUT2D eigenvalue weighted by atomic mass is 16.5.